The number of aryl methyl sites for hydroxylation is 1. The summed E-state index contributed by atoms with van der Waals surface area (Å²) >= 11 is 5.96. The second-order valence-electron chi connectivity index (χ2n) is 6.41. The first kappa shape index (κ1) is 17.6. The first-order valence-corrected chi connectivity index (χ1v) is 9.16. The van der Waals surface area contributed by atoms with Crippen LogP contribution in [0.15, 0.2) is 78.9 Å². The third kappa shape index (κ3) is 5.37. The van der Waals surface area contributed by atoms with Crippen LogP contribution in [0.2, 0.25) is 5.02 Å². The molecule has 0 aliphatic carbocycles. The Morgan fingerprint density at radius 1 is 0.840 bits per heavy atom. The van der Waals surface area contributed by atoms with E-state index in [2.05, 4.69) is 37.3 Å². The number of ether oxygens (including phenoxy) is 1. The molecule has 0 saturated carbocycles. The number of halogens is 1. The Kier molecular flexibility index (Phi) is 6.14. The molecule has 0 saturated heterocycles. The number of benzene rings is 3. The lowest BCUT2D eigenvalue weighted by Gasteiger charge is -2.12. The molecule has 0 spiro atoms. The van der Waals surface area contributed by atoms with E-state index >= 15 is 0 Å². The Labute approximate surface area is 155 Å². The van der Waals surface area contributed by atoms with E-state index in [1.807, 2.05) is 48.5 Å². The van der Waals surface area contributed by atoms with Crippen LogP contribution in [0.25, 0.3) is 0 Å². The fourth-order valence-electron chi connectivity index (χ4n) is 2.96. The van der Waals surface area contributed by atoms with Gasteiger partial charge in [-0.05, 0) is 72.7 Å². The Balaban J connectivity index is 1.53. The Hall–Kier alpha value is -2.25. The highest BCUT2D eigenvalue weighted by Gasteiger charge is 2.06. The zero-order valence-electron chi connectivity index (χ0n) is 14.5. The van der Waals surface area contributed by atoms with Crippen molar-refractivity contribution in [1.82, 2.24) is 0 Å². The summed E-state index contributed by atoms with van der Waals surface area (Å²) in [7, 11) is 0. The summed E-state index contributed by atoms with van der Waals surface area (Å²) < 4.78 is 5.91. The van der Waals surface area contributed by atoms with Gasteiger partial charge in [0, 0.05) is 5.02 Å². The van der Waals surface area contributed by atoms with E-state index < -0.39 is 0 Å². The van der Waals surface area contributed by atoms with Crippen LogP contribution >= 0.6 is 11.6 Å². The van der Waals surface area contributed by atoms with Crippen molar-refractivity contribution in [1.29, 1.82) is 0 Å². The van der Waals surface area contributed by atoms with Crippen molar-refractivity contribution in [3.8, 4) is 11.5 Å². The number of hydrogen-bond acceptors (Lipinski definition) is 1. The maximum Gasteiger partial charge on any atom is 0.127 e. The average Bonchev–Trinajstić information content (AvgIpc) is 2.63. The topological polar surface area (TPSA) is 9.23 Å². The van der Waals surface area contributed by atoms with E-state index in [1.165, 1.54) is 11.1 Å². The zero-order chi connectivity index (χ0) is 17.5. The molecule has 128 valence electrons. The van der Waals surface area contributed by atoms with E-state index in [-0.39, 0.29) is 0 Å². The quantitative estimate of drug-likeness (QED) is 0.435. The van der Waals surface area contributed by atoms with Crippen LogP contribution in [0.5, 0.6) is 11.5 Å². The van der Waals surface area contributed by atoms with Crippen LogP contribution in [0.3, 0.4) is 0 Å². The van der Waals surface area contributed by atoms with Crippen molar-refractivity contribution in [2.45, 2.75) is 32.1 Å². The van der Waals surface area contributed by atoms with Crippen molar-refractivity contribution in [3.05, 3.63) is 95.0 Å². The van der Waals surface area contributed by atoms with Crippen LogP contribution in [-0.4, -0.2) is 0 Å². The van der Waals surface area contributed by atoms with Crippen molar-refractivity contribution in [2.75, 3.05) is 0 Å². The molecule has 3 aromatic carbocycles. The molecular weight excluding hydrogens is 328 g/mol. The second-order valence-corrected chi connectivity index (χ2v) is 6.84. The normalized spacial score (nSPS) is 11.9. The van der Waals surface area contributed by atoms with Gasteiger partial charge in [0.25, 0.3) is 0 Å². The lowest BCUT2D eigenvalue weighted by atomic mass is 9.94. The molecule has 3 aromatic rings. The summed E-state index contributed by atoms with van der Waals surface area (Å²) in [5, 5.41) is 0.797. The highest BCUT2D eigenvalue weighted by molar-refractivity contribution is 6.30. The van der Waals surface area contributed by atoms with Gasteiger partial charge in [-0.3, -0.25) is 0 Å². The summed E-state index contributed by atoms with van der Waals surface area (Å²) in [4.78, 5) is 0. The molecule has 25 heavy (non-hydrogen) atoms. The molecule has 0 N–H and O–H groups in total. The third-order valence-corrected chi connectivity index (χ3v) is 4.67. The van der Waals surface area contributed by atoms with Gasteiger partial charge < -0.3 is 4.74 Å². The first-order valence-electron chi connectivity index (χ1n) is 8.78. The molecule has 3 rings (SSSR count). The fraction of sp³-hybridized carbons (Fsp3) is 0.217. The summed E-state index contributed by atoms with van der Waals surface area (Å²) in [6.45, 7) is 2.28. The molecule has 0 aliphatic heterocycles. The number of rotatable bonds is 7. The van der Waals surface area contributed by atoms with Crippen molar-refractivity contribution in [3.63, 3.8) is 0 Å². The van der Waals surface area contributed by atoms with Crippen LogP contribution in [-0.2, 0) is 6.42 Å². The lowest BCUT2D eigenvalue weighted by Crippen LogP contribution is -1.95. The predicted octanol–water partition coefficient (Wildman–Crippen LogP) is 7.26. The summed E-state index contributed by atoms with van der Waals surface area (Å²) in [6, 6.07) is 26.5. The van der Waals surface area contributed by atoms with Gasteiger partial charge in [-0.25, -0.2) is 0 Å². The molecule has 0 radical (unpaired) electrons. The van der Waals surface area contributed by atoms with Gasteiger partial charge in [-0.1, -0.05) is 61.0 Å². The molecule has 0 bridgehead atoms. The van der Waals surface area contributed by atoms with Crippen molar-refractivity contribution >= 4 is 11.6 Å². The highest BCUT2D eigenvalue weighted by atomic mass is 35.5. The number of para-hydroxylation sites is 1. The molecule has 1 nitrogen and oxygen atoms in total. The van der Waals surface area contributed by atoms with Gasteiger partial charge in [-0.2, -0.15) is 0 Å². The zero-order valence-corrected chi connectivity index (χ0v) is 15.2. The second kappa shape index (κ2) is 8.73. The molecule has 0 aromatic heterocycles. The number of hydrogen-bond donors (Lipinski definition) is 0. The minimum atomic E-state index is 0.543. The van der Waals surface area contributed by atoms with Gasteiger partial charge in [0.2, 0.25) is 0 Å². The van der Waals surface area contributed by atoms with E-state index in [4.69, 9.17) is 16.3 Å². The Bertz CT molecular complexity index is 781. The van der Waals surface area contributed by atoms with E-state index in [1.54, 1.807) is 0 Å². The molecule has 0 fully saturated rings. The fourth-order valence-corrected chi connectivity index (χ4v) is 3.09. The van der Waals surface area contributed by atoms with Crippen LogP contribution < -0.4 is 4.74 Å². The predicted molar refractivity (Wildman–Crippen MR) is 106 cm³/mol. The maximum atomic E-state index is 5.96. The van der Waals surface area contributed by atoms with Crippen LogP contribution in [0.4, 0.5) is 0 Å². The SMILES string of the molecule is CC(CCCc1cccc(Oc2ccccc2)c1)c1ccc(Cl)cc1. The summed E-state index contributed by atoms with van der Waals surface area (Å²) in [5.74, 6) is 2.31. The van der Waals surface area contributed by atoms with E-state index in [0.717, 1.165) is 35.8 Å². The van der Waals surface area contributed by atoms with Gasteiger partial charge in [0.15, 0.2) is 0 Å². The van der Waals surface area contributed by atoms with Gasteiger partial charge in [0.1, 0.15) is 11.5 Å². The van der Waals surface area contributed by atoms with Crippen molar-refractivity contribution in [2.24, 2.45) is 0 Å². The molecule has 1 unspecified atom stereocenters. The smallest absolute Gasteiger partial charge is 0.127 e. The lowest BCUT2D eigenvalue weighted by molar-refractivity contribution is 0.481. The van der Waals surface area contributed by atoms with E-state index in [9.17, 15) is 0 Å². The average molecular weight is 351 g/mol. The molecule has 0 aliphatic rings. The van der Waals surface area contributed by atoms with Crippen LogP contribution in [0.1, 0.15) is 36.8 Å². The van der Waals surface area contributed by atoms with Gasteiger partial charge >= 0.3 is 0 Å². The molecular formula is C23H23ClO. The largest absolute Gasteiger partial charge is 0.457 e. The Morgan fingerprint density at radius 2 is 1.56 bits per heavy atom. The van der Waals surface area contributed by atoms with E-state index in [0.29, 0.717) is 5.92 Å². The maximum absolute atomic E-state index is 5.96. The molecule has 1 atom stereocenters. The highest BCUT2D eigenvalue weighted by Crippen LogP contribution is 2.25. The third-order valence-electron chi connectivity index (χ3n) is 4.42. The van der Waals surface area contributed by atoms with Crippen LogP contribution in [0, 0.1) is 0 Å². The minimum Gasteiger partial charge on any atom is -0.457 e. The first-order chi connectivity index (χ1) is 12.2. The molecule has 2 heteroatoms. The van der Waals surface area contributed by atoms with Gasteiger partial charge in [-0.15, -0.1) is 0 Å². The molecule has 0 amide bonds. The summed E-state index contributed by atoms with van der Waals surface area (Å²) in [6.07, 6.45) is 3.37. The monoisotopic (exact) mass is 350 g/mol. The molecule has 0 heterocycles. The van der Waals surface area contributed by atoms with Gasteiger partial charge in [0.05, 0.1) is 0 Å². The standard InChI is InChI=1S/C23H23ClO/c1-18(20-13-15-21(24)16-14-20)7-5-8-19-9-6-12-23(17-19)25-22-10-3-2-4-11-22/h2-4,6,9-18H,5,7-8H2,1H3. The minimum absolute atomic E-state index is 0.543. The van der Waals surface area contributed by atoms with Crippen molar-refractivity contribution < 1.29 is 4.74 Å². The summed E-state index contributed by atoms with van der Waals surface area (Å²) in [5.41, 5.74) is 2.67. The Morgan fingerprint density at radius 3 is 2.32 bits per heavy atom.